The van der Waals surface area contributed by atoms with Gasteiger partial charge in [0.2, 0.25) is 0 Å². The zero-order valence-corrected chi connectivity index (χ0v) is 12.6. The Balaban J connectivity index is 0.00000180. The van der Waals surface area contributed by atoms with Gasteiger partial charge < -0.3 is 4.90 Å². The number of halogens is 1. The second kappa shape index (κ2) is 6.17. The average molecular weight is 282 g/mol. The molecular formula is C14H20ClN3O. The third-order valence-corrected chi connectivity index (χ3v) is 3.06. The van der Waals surface area contributed by atoms with Crippen LogP contribution in [0.25, 0.3) is 11.0 Å². The van der Waals surface area contributed by atoms with Gasteiger partial charge in [0, 0.05) is 30.2 Å². The molecule has 5 heteroatoms. The lowest BCUT2D eigenvalue weighted by molar-refractivity contribution is 0.383. The van der Waals surface area contributed by atoms with Crippen LogP contribution in [-0.4, -0.2) is 35.1 Å². The van der Waals surface area contributed by atoms with Crippen LogP contribution in [-0.2, 0) is 6.54 Å². The zero-order chi connectivity index (χ0) is 13.3. The van der Waals surface area contributed by atoms with Crippen molar-refractivity contribution in [1.82, 2.24) is 14.5 Å². The van der Waals surface area contributed by atoms with Gasteiger partial charge in [-0.3, -0.25) is 9.36 Å². The van der Waals surface area contributed by atoms with Crippen molar-refractivity contribution in [2.45, 2.75) is 20.4 Å². The monoisotopic (exact) mass is 281 g/mol. The molecular weight excluding hydrogens is 262 g/mol. The summed E-state index contributed by atoms with van der Waals surface area (Å²) >= 11 is 0. The molecule has 0 unspecified atom stereocenters. The van der Waals surface area contributed by atoms with Crippen LogP contribution >= 0.6 is 12.4 Å². The minimum Gasteiger partial charge on any atom is -0.308 e. The molecule has 0 bridgehead atoms. The van der Waals surface area contributed by atoms with Gasteiger partial charge in [0.05, 0.1) is 0 Å². The van der Waals surface area contributed by atoms with E-state index in [0.29, 0.717) is 6.54 Å². The van der Waals surface area contributed by atoms with Gasteiger partial charge >= 0.3 is 0 Å². The van der Waals surface area contributed by atoms with Gasteiger partial charge in [-0.15, -0.1) is 12.4 Å². The molecule has 0 fully saturated rings. The number of likely N-dealkylation sites (N-methyl/N-ethyl adjacent to an activating group) is 1. The topological polar surface area (TPSA) is 38.1 Å². The van der Waals surface area contributed by atoms with Crippen molar-refractivity contribution in [1.29, 1.82) is 0 Å². The first-order valence-corrected chi connectivity index (χ1v) is 6.11. The predicted octanol–water partition coefficient (Wildman–Crippen LogP) is 2.00. The van der Waals surface area contributed by atoms with Crippen LogP contribution in [0.2, 0.25) is 0 Å². The maximum atomic E-state index is 12.0. The van der Waals surface area contributed by atoms with E-state index >= 15 is 0 Å². The molecule has 2 rings (SSSR count). The van der Waals surface area contributed by atoms with Crippen molar-refractivity contribution in [3.8, 4) is 0 Å². The number of hydrogen-bond donors (Lipinski definition) is 0. The summed E-state index contributed by atoms with van der Waals surface area (Å²) in [7, 11) is 4.00. The van der Waals surface area contributed by atoms with E-state index in [1.807, 2.05) is 33.2 Å². The van der Waals surface area contributed by atoms with Gasteiger partial charge in [0.15, 0.2) is 0 Å². The molecule has 19 heavy (non-hydrogen) atoms. The van der Waals surface area contributed by atoms with Crippen molar-refractivity contribution in [3.63, 3.8) is 0 Å². The van der Waals surface area contributed by atoms with Crippen LogP contribution in [0.3, 0.4) is 0 Å². The molecule has 104 valence electrons. The largest absolute Gasteiger partial charge is 0.308 e. The fraction of sp³-hybridized carbons (Fsp3) is 0.429. The van der Waals surface area contributed by atoms with E-state index in [1.54, 1.807) is 10.6 Å². The number of rotatable bonds is 3. The molecule has 0 saturated heterocycles. The molecule has 0 radical (unpaired) electrons. The van der Waals surface area contributed by atoms with Gasteiger partial charge in [-0.1, -0.05) is 0 Å². The summed E-state index contributed by atoms with van der Waals surface area (Å²) in [5.74, 6) is 0. The van der Waals surface area contributed by atoms with Crippen LogP contribution in [0.5, 0.6) is 0 Å². The molecule has 2 aromatic heterocycles. The molecule has 0 saturated carbocycles. The Morgan fingerprint density at radius 3 is 2.58 bits per heavy atom. The summed E-state index contributed by atoms with van der Waals surface area (Å²) in [5, 5.41) is 1.05. The minimum absolute atomic E-state index is 0. The first kappa shape index (κ1) is 15.7. The SMILES string of the molecule is Cc1cc(C)c2ccc(=O)n(CCN(C)C)c2n1.Cl. The Morgan fingerprint density at radius 1 is 1.26 bits per heavy atom. The lowest BCUT2D eigenvalue weighted by Crippen LogP contribution is -2.27. The van der Waals surface area contributed by atoms with Crippen molar-refractivity contribution in [3.05, 3.63) is 39.8 Å². The molecule has 0 aromatic carbocycles. The van der Waals surface area contributed by atoms with Gasteiger partial charge in [-0.25, -0.2) is 4.98 Å². The summed E-state index contributed by atoms with van der Waals surface area (Å²) in [4.78, 5) is 18.6. The number of aryl methyl sites for hydroxylation is 2. The van der Waals surface area contributed by atoms with Crippen LogP contribution in [0.4, 0.5) is 0 Å². The standard InChI is InChI=1S/C14H19N3O.ClH/c1-10-9-11(2)15-14-12(10)5-6-13(18)17(14)8-7-16(3)4;/h5-6,9H,7-8H2,1-4H3;1H. The summed E-state index contributed by atoms with van der Waals surface area (Å²) in [6.45, 7) is 5.50. The Labute approximate surface area is 119 Å². The van der Waals surface area contributed by atoms with Crippen molar-refractivity contribution in [2.24, 2.45) is 0 Å². The summed E-state index contributed by atoms with van der Waals surface area (Å²) in [6.07, 6.45) is 0. The molecule has 2 aromatic rings. The van der Waals surface area contributed by atoms with Crippen molar-refractivity contribution >= 4 is 23.4 Å². The van der Waals surface area contributed by atoms with Gasteiger partial charge in [0.25, 0.3) is 5.56 Å². The van der Waals surface area contributed by atoms with E-state index < -0.39 is 0 Å². The van der Waals surface area contributed by atoms with Crippen LogP contribution in [0.1, 0.15) is 11.3 Å². The molecule has 0 aliphatic heterocycles. The molecule has 4 nitrogen and oxygen atoms in total. The third kappa shape index (κ3) is 3.33. The first-order chi connectivity index (χ1) is 8.49. The zero-order valence-electron chi connectivity index (χ0n) is 11.8. The number of nitrogens with zero attached hydrogens (tertiary/aromatic N) is 3. The highest BCUT2D eigenvalue weighted by molar-refractivity contribution is 5.85. The fourth-order valence-electron chi connectivity index (χ4n) is 2.10. The van der Waals surface area contributed by atoms with Crippen LogP contribution in [0.15, 0.2) is 23.0 Å². The second-order valence-electron chi connectivity index (χ2n) is 4.94. The lowest BCUT2D eigenvalue weighted by Gasteiger charge is -2.14. The Hall–Kier alpha value is -1.39. The maximum Gasteiger partial charge on any atom is 0.252 e. The highest BCUT2D eigenvalue weighted by Crippen LogP contribution is 2.15. The molecule has 2 heterocycles. The highest BCUT2D eigenvalue weighted by atomic mass is 35.5. The third-order valence-electron chi connectivity index (χ3n) is 3.06. The number of aromatic nitrogens is 2. The van der Waals surface area contributed by atoms with E-state index in [-0.39, 0.29) is 18.0 Å². The molecule has 0 aliphatic carbocycles. The van der Waals surface area contributed by atoms with Gasteiger partial charge in [-0.05, 0) is 45.6 Å². The summed E-state index contributed by atoms with van der Waals surface area (Å²) in [5.41, 5.74) is 2.92. The number of fused-ring (bicyclic) bond motifs is 1. The Kier molecular flexibility index (Phi) is 5.09. The quantitative estimate of drug-likeness (QED) is 0.864. The minimum atomic E-state index is 0. The van der Waals surface area contributed by atoms with Crippen molar-refractivity contribution in [2.75, 3.05) is 20.6 Å². The normalized spacial score (nSPS) is 10.8. The maximum absolute atomic E-state index is 12.0. The Bertz CT molecular complexity index is 634. The van der Waals surface area contributed by atoms with E-state index in [9.17, 15) is 4.79 Å². The van der Waals surface area contributed by atoms with Gasteiger partial charge in [0.1, 0.15) is 5.65 Å². The molecule has 0 amide bonds. The van der Waals surface area contributed by atoms with E-state index in [2.05, 4.69) is 16.8 Å². The summed E-state index contributed by atoms with van der Waals surface area (Å²) < 4.78 is 1.76. The Morgan fingerprint density at radius 2 is 1.95 bits per heavy atom. The van der Waals surface area contributed by atoms with Crippen LogP contribution < -0.4 is 5.56 Å². The first-order valence-electron chi connectivity index (χ1n) is 6.11. The van der Waals surface area contributed by atoms with Crippen LogP contribution in [0, 0.1) is 13.8 Å². The van der Waals surface area contributed by atoms with Crippen molar-refractivity contribution < 1.29 is 0 Å². The lowest BCUT2D eigenvalue weighted by atomic mass is 10.1. The smallest absolute Gasteiger partial charge is 0.252 e. The predicted molar refractivity (Wildman–Crippen MR) is 81.3 cm³/mol. The number of pyridine rings is 2. The average Bonchev–Trinajstić information content (AvgIpc) is 2.26. The highest BCUT2D eigenvalue weighted by Gasteiger charge is 2.07. The fourth-order valence-corrected chi connectivity index (χ4v) is 2.10. The van der Waals surface area contributed by atoms with E-state index in [1.165, 1.54) is 0 Å². The molecule has 0 aliphatic rings. The molecule has 0 spiro atoms. The number of hydrogen-bond acceptors (Lipinski definition) is 3. The molecule has 0 atom stereocenters. The van der Waals surface area contributed by atoms with E-state index in [0.717, 1.165) is 28.8 Å². The molecule has 0 N–H and O–H groups in total. The summed E-state index contributed by atoms with van der Waals surface area (Å²) in [6, 6.07) is 5.54. The van der Waals surface area contributed by atoms with Gasteiger partial charge in [-0.2, -0.15) is 0 Å². The van der Waals surface area contributed by atoms with E-state index in [4.69, 9.17) is 0 Å². The second-order valence-corrected chi connectivity index (χ2v) is 4.94.